The Morgan fingerprint density at radius 3 is 3.00 bits per heavy atom. The number of nitrogens with one attached hydrogen (secondary N) is 1. The number of amides is 1. The second-order valence-corrected chi connectivity index (χ2v) is 6.80. The predicted octanol–water partition coefficient (Wildman–Crippen LogP) is 0.308. The van der Waals surface area contributed by atoms with Crippen LogP contribution in [0, 0.1) is 5.92 Å². The Morgan fingerprint density at radius 2 is 2.44 bits per heavy atom. The normalized spacial score (nSPS) is 23.1. The van der Waals surface area contributed by atoms with Gasteiger partial charge in [0.1, 0.15) is 5.69 Å². The molecule has 0 saturated carbocycles. The molecule has 0 spiro atoms. The summed E-state index contributed by atoms with van der Waals surface area (Å²) in [7, 11) is -2.86. The highest BCUT2D eigenvalue weighted by molar-refractivity contribution is 7.91. The molecular formula is C9H12N2O3S2. The van der Waals surface area contributed by atoms with E-state index in [4.69, 9.17) is 0 Å². The molecule has 7 heteroatoms. The molecule has 1 amide bonds. The number of hydrogen-bond donors (Lipinski definition) is 1. The summed E-state index contributed by atoms with van der Waals surface area (Å²) in [6, 6.07) is 0. The van der Waals surface area contributed by atoms with Crippen LogP contribution in [0.2, 0.25) is 0 Å². The van der Waals surface area contributed by atoms with Crippen molar-refractivity contribution in [3.05, 3.63) is 16.6 Å². The molecule has 2 heterocycles. The molecule has 1 N–H and O–H groups in total. The van der Waals surface area contributed by atoms with Crippen molar-refractivity contribution in [1.82, 2.24) is 10.3 Å². The van der Waals surface area contributed by atoms with E-state index in [1.54, 1.807) is 10.9 Å². The number of rotatable bonds is 3. The molecule has 1 fully saturated rings. The molecular weight excluding hydrogens is 248 g/mol. The highest BCUT2D eigenvalue weighted by atomic mass is 32.2. The molecule has 2 rings (SSSR count). The van der Waals surface area contributed by atoms with Gasteiger partial charge in [-0.2, -0.15) is 0 Å². The second-order valence-electron chi connectivity index (χ2n) is 3.85. The standard InChI is InChI=1S/C9H12N2O3S2/c12-9(8-4-15-6-11-8)10-3-7-1-2-16(13,14)5-7/h4,6-7H,1-3,5H2,(H,10,12). The molecule has 0 aliphatic carbocycles. The first-order valence-corrected chi connectivity index (χ1v) is 7.70. The summed E-state index contributed by atoms with van der Waals surface area (Å²) in [6.07, 6.45) is 0.639. The van der Waals surface area contributed by atoms with Crippen molar-refractivity contribution >= 4 is 27.1 Å². The molecule has 0 radical (unpaired) electrons. The Morgan fingerprint density at radius 1 is 1.62 bits per heavy atom. The minimum atomic E-state index is -2.86. The third-order valence-corrected chi connectivity index (χ3v) is 4.97. The predicted molar refractivity (Wildman–Crippen MR) is 61.2 cm³/mol. The maximum absolute atomic E-state index is 11.5. The highest BCUT2D eigenvalue weighted by Gasteiger charge is 2.28. The van der Waals surface area contributed by atoms with Crippen LogP contribution in [0.5, 0.6) is 0 Å². The molecule has 1 aromatic rings. The molecule has 1 aliphatic rings. The summed E-state index contributed by atoms with van der Waals surface area (Å²) < 4.78 is 22.4. The summed E-state index contributed by atoms with van der Waals surface area (Å²) >= 11 is 1.36. The number of sulfone groups is 1. The van der Waals surface area contributed by atoms with Crippen molar-refractivity contribution in [2.45, 2.75) is 6.42 Å². The molecule has 0 aromatic carbocycles. The fourth-order valence-electron chi connectivity index (χ4n) is 1.69. The molecule has 88 valence electrons. The number of carbonyl (C=O) groups excluding carboxylic acids is 1. The van der Waals surface area contributed by atoms with Crippen LogP contribution in [0.15, 0.2) is 10.9 Å². The average molecular weight is 260 g/mol. The van der Waals surface area contributed by atoms with E-state index in [1.165, 1.54) is 11.3 Å². The van der Waals surface area contributed by atoms with Crippen LogP contribution in [-0.2, 0) is 9.84 Å². The number of aromatic nitrogens is 1. The van der Waals surface area contributed by atoms with Gasteiger partial charge >= 0.3 is 0 Å². The maximum atomic E-state index is 11.5. The van der Waals surface area contributed by atoms with Crippen molar-refractivity contribution < 1.29 is 13.2 Å². The molecule has 1 unspecified atom stereocenters. The van der Waals surface area contributed by atoms with Crippen molar-refractivity contribution in [2.24, 2.45) is 5.92 Å². The largest absolute Gasteiger partial charge is 0.350 e. The van der Waals surface area contributed by atoms with E-state index in [1.807, 2.05) is 0 Å². The van der Waals surface area contributed by atoms with Gasteiger partial charge in [-0.25, -0.2) is 13.4 Å². The Labute approximate surface area is 97.8 Å². The van der Waals surface area contributed by atoms with E-state index >= 15 is 0 Å². The third-order valence-electron chi connectivity index (χ3n) is 2.54. The quantitative estimate of drug-likeness (QED) is 0.848. The SMILES string of the molecule is O=C(NCC1CCS(=O)(=O)C1)c1cscn1. The first-order valence-electron chi connectivity index (χ1n) is 4.93. The first kappa shape index (κ1) is 11.5. The molecule has 16 heavy (non-hydrogen) atoms. The zero-order valence-corrected chi connectivity index (χ0v) is 10.2. The molecule has 1 aliphatic heterocycles. The van der Waals surface area contributed by atoms with Crippen molar-refractivity contribution in [2.75, 3.05) is 18.1 Å². The van der Waals surface area contributed by atoms with Crippen LogP contribution in [0.1, 0.15) is 16.9 Å². The highest BCUT2D eigenvalue weighted by Crippen LogP contribution is 2.17. The first-order chi connectivity index (χ1) is 7.57. The monoisotopic (exact) mass is 260 g/mol. The van der Waals surface area contributed by atoms with Crippen LogP contribution in [-0.4, -0.2) is 37.4 Å². The summed E-state index contributed by atoms with van der Waals surface area (Å²) in [5, 5.41) is 4.37. The van der Waals surface area contributed by atoms with Crippen molar-refractivity contribution in [3.8, 4) is 0 Å². The lowest BCUT2D eigenvalue weighted by Crippen LogP contribution is -2.29. The fraction of sp³-hybridized carbons (Fsp3) is 0.556. The van der Waals surface area contributed by atoms with Gasteiger partial charge in [0.25, 0.3) is 5.91 Å². The number of hydrogen-bond acceptors (Lipinski definition) is 5. The van der Waals surface area contributed by atoms with Crippen LogP contribution in [0.4, 0.5) is 0 Å². The Hall–Kier alpha value is -0.950. The summed E-state index contributed by atoms with van der Waals surface area (Å²) in [6.45, 7) is 0.412. The lowest BCUT2D eigenvalue weighted by Gasteiger charge is -2.07. The van der Waals surface area contributed by atoms with Gasteiger partial charge in [0, 0.05) is 11.9 Å². The van der Waals surface area contributed by atoms with Crippen molar-refractivity contribution in [3.63, 3.8) is 0 Å². The van der Waals surface area contributed by atoms with Crippen LogP contribution in [0.3, 0.4) is 0 Å². The maximum Gasteiger partial charge on any atom is 0.270 e. The number of nitrogens with zero attached hydrogens (tertiary/aromatic N) is 1. The van der Waals surface area contributed by atoms with E-state index in [2.05, 4.69) is 10.3 Å². The Balaban J connectivity index is 1.83. The van der Waals surface area contributed by atoms with Crippen LogP contribution < -0.4 is 5.32 Å². The van der Waals surface area contributed by atoms with Gasteiger partial charge in [0.2, 0.25) is 0 Å². The topological polar surface area (TPSA) is 76.1 Å². The lowest BCUT2D eigenvalue weighted by atomic mass is 10.1. The van der Waals surface area contributed by atoms with Gasteiger partial charge in [-0.15, -0.1) is 11.3 Å². The second kappa shape index (κ2) is 4.50. The lowest BCUT2D eigenvalue weighted by molar-refractivity contribution is 0.0944. The van der Waals surface area contributed by atoms with Gasteiger partial charge in [-0.05, 0) is 12.3 Å². The zero-order valence-electron chi connectivity index (χ0n) is 8.55. The molecule has 5 nitrogen and oxygen atoms in total. The van der Waals surface area contributed by atoms with Crippen LogP contribution >= 0.6 is 11.3 Å². The number of carbonyl (C=O) groups is 1. The fourth-order valence-corrected chi connectivity index (χ4v) is 4.08. The van der Waals surface area contributed by atoms with E-state index < -0.39 is 9.84 Å². The van der Waals surface area contributed by atoms with Gasteiger partial charge in [0.15, 0.2) is 9.84 Å². The van der Waals surface area contributed by atoms with Gasteiger partial charge in [0.05, 0.1) is 17.0 Å². The van der Waals surface area contributed by atoms with Gasteiger partial charge in [-0.1, -0.05) is 0 Å². The van der Waals surface area contributed by atoms with Gasteiger partial charge in [-0.3, -0.25) is 4.79 Å². The summed E-state index contributed by atoms with van der Waals surface area (Å²) in [4.78, 5) is 15.4. The minimum Gasteiger partial charge on any atom is -0.350 e. The van der Waals surface area contributed by atoms with E-state index in [9.17, 15) is 13.2 Å². The van der Waals surface area contributed by atoms with Gasteiger partial charge < -0.3 is 5.32 Å². The molecule has 0 bridgehead atoms. The Bertz CT molecular complexity index is 467. The zero-order chi connectivity index (χ0) is 11.6. The van der Waals surface area contributed by atoms with Crippen molar-refractivity contribution in [1.29, 1.82) is 0 Å². The third kappa shape index (κ3) is 2.79. The molecule has 1 aromatic heterocycles. The molecule has 1 atom stereocenters. The molecule has 1 saturated heterocycles. The number of thiazole rings is 1. The van der Waals surface area contributed by atoms with E-state index in [0.717, 1.165) is 0 Å². The van der Waals surface area contributed by atoms with E-state index in [0.29, 0.717) is 18.7 Å². The summed E-state index contributed by atoms with van der Waals surface area (Å²) in [5.41, 5.74) is 1.99. The smallest absolute Gasteiger partial charge is 0.270 e. The Kier molecular flexibility index (Phi) is 3.25. The minimum absolute atomic E-state index is 0.0487. The van der Waals surface area contributed by atoms with E-state index in [-0.39, 0.29) is 23.3 Å². The van der Waals surface area contributed by atoms with Crippen LogP contribution in [0.25, 0.3) is 0 Å². The summed E-state index contributed by atoms with van der Waals surface area (Å²) in [5.74, 6) is 0.243. The average Bonchev–Trinajstić information content (AvgIpc) is 2.83.